The quantitative estimate of drug-likeness (QED) is 0.814. The second-order valence-electron chi connectivity index (χ2n) is 5.42. The topological polar surface area (TPSA) is 61.9 Å². The van der Waals surface area contributed by atoms with Crippen molar-refractivity contribution in [2.75, 3.05) is 13.6 Å². The smallest absolute Gasteiger partial charge is 0.328 e. The van der Waals surface area contributed by atoms with Crippen LogP contribution in [0.2, 0.25) is 0 Å². The van der Waals surface area contributed by atoms with Gasteiger partial charge in [0.15, 0.2) is 0 Å². The summed E-state index contributed by atoms with van der Waals surface area (Å²) in [5.41, 5.74) is 0.603. The Bertz CT molecular complexity index is 786. The molecule has 1 heterocycles. The van der Waals surface area contributed by atoms with E-state index in [2.05, 4.69) is 4.98 Å². The molecule has 0 N–H and O–H groups in total. The van der Waals surface area contributed by atoms with Gasteiger partial charge in [-0.25, -0.2) is 4.98 Å². The lowest BCUT2D eigenvalue weighted by Crippen LogP contribution is -2.26. The molecule has 0 aliphatic carbocycles. The molecule has 1 aromatic carbocycles. The van der Waals surface area contributed by atoms with Gasteiger partial charge in [-0.15, -0.1) is 0 Å². The highest BCUT2D eigenvalue weighted by Gasteiger charge is 2.38. The van der Waals surface area contributed by atoms with Gasteiger partial charge in [-0.3, -0.25) is 4.79 Å². The maximum atomic E-state index is 13.1. The van der Waals surface area contributed by atoms with Crippen LogP contribution in [0.1, 0.15) is 36.1 Å². The minimum atomic E-state index is -4.58. The molecule has 8 heteroatoms. The van der Waals surface area contributed by atoms with Crippen molar-refractivity contribution in [3.63, 3.8) is 0 Å². The first kappa shape index (κ1) is 16.8. The number of halogens is 3. The molecule has 0 saturated heterocycles. The highest BCUT2D eigenvalue weighted by molar-refractivity contribution is 5.97. The standard InChI is InChI=1S/C15H15F3N4O/c1-9(2)22-12-5-4-10(13(23)21(3)7-6-19)8-11(12)20-14(22)15(16,17)18/h4-5,8-9H,7H2,1-3H3. The minimum Gasteiger partial charge on any atom is -0.328 e. The van der Waals surface area contributed by atoms with Gasteiger partial charge in [0.05, 0.1) is 17.1 Å². The van der Waals surface area contributed by atoms with E-state index in [1.54, 1.807) is 13.8 Å². The largest absolute Gasteiger partial charge is 0.449 e. The number of hydrogen-bond acceptors (Lipinski definition) is 3. The number of imidazole rings is 1. The molecular formula is C15H15F3N4O. The Balaban J connectivity index is 2.58. The molecule has 23 heavy (non-hydrogen) atoms. The van der Waals surface area contributed by atoms with Gasteiger partial charge in [-0.1, -0.05) is 0 Å². The van der Waals surface area contributed by atoms with Gasteiger partial charge in [-0.2, -0.15) is 18.4 Å². The highest BCUT2D eigenvalue weighted by atomic mass is 19.4. The summed E-state index contributed by atoms with van der Waals surface area (Å²) in [4.78, 5) is 17.0. The maximum absolute atomic E-state index is 13.1. The van der Waals surface area contributed by atoms with Crippen molar-refractivity contribution in [2.45, 2.75) is 26.1 Å². The first-order chi connectivity index (χ1) is 10.7. The van der Waals surface area contributed by atoms with Crippen LogP contribution in [-0.2, 0) is 6.18 Å². The molecule has 0 spiro atoms. The Kier molecular flexibility index (Phi) is 4.32. The van der Waals surface area contributed by atoms with Gasteiger partial charge in [0, 0.05) is 18.7 Å². The number of carbonyl (C=O) groups is 1. The van der Waals surface area contributed by atoms with Crippen LogP contribution in [0, 0.1) is 11.3 Å². The number of carbonyl (C=O) groups excluding carboxylic acids is 1. The zero-order valence-corrected chi connectivity index (χ0v) is 12.8. The predicted octanol–water partition coefficient (Wildman–Crippen LogP) is 3.23. The summed E-state index contributed by atoms with van der Waals surface area (Å²) in [6.07, 6.45) is -4.58. The fourth-order valence-electron chi connectivity index (χ4n) is 2.35. The summed E-state index contributed by atoms with van der Waals surface area (Å²) in [5.74, 6) is -1.43. The number of hydrogen-bond donors (Lipinski definition) is 0. The Labute approximate surface area is 130 Å². The van der Waals surface area contributed by atoms with E-state index in [9.17, 15) is 18.0 Å². The number of nitrogens with zero attached hydrogens (tertiary/aromatic N) is 4. The van der Waals surface area contributed by atoms with E-state index in [1.807, 2.05) is 6.07 Å². The fraction of sp³-hybridized carbons (Fsp3) is 0.400. The number of amides is 1. The zero-order chi connectivity index (χ0) is 17.4. The first-order valence-electron chi connectivity index (χ1n) is 6.88. The van der Waals surface area contributed by atoms with Gasteiger partial charge in [0.25, 0.3) is 5.91 Å². The van der Waals surface area contributed by atoms with Crippen molar-refractivity contribution in [1.82, 2.24) is 14.5 Å². The molecular weight excluding hydrogens is 309 g/mol. The Morgan fingerprint density at radius 3 is 2.61 bits per heavy atom. The van der Waals surface area contributed by atoms with Crippen LogP contribution in [0.4, 0.5) is 13.2 Å². The van der Waals surface area contributed by atoms with E-state index in [-0.39, 0.29) is 17.6 Å². The molecule has 2 aromatic rings. The molecule has 2 rings (SSSR count). The van der Waals surface area contributed by atoms with Crippen molar-refractivity contribution in [1.29, 1.82) is 5.26 Å². The number of aromatic nitrogens is 2. The lowest BCUT2D eigenvalue weighted by atomic mass is 10.1. The number of benzene rings is 1. The average Bonchev–Trinajstić information content (AvgIpc) is 2.85. The van der Waals surface area contributed by atoms with E-state index < -0.39 is 23.9 Å². The lowest BCUT2D eigenvalue weighted by molar-refractivity contribution is -0.147. The number of rotatable bonds is 3. The first-order valence-corrected chi connectivity index (χ1v) is 6.88. The highest BCUT2D eigenvalue weighted by Crippen LogP contribution is 2.33. The number of fused-ring (bicyclic) bond motifs is 1. The summed E-state index contributed by atoms with van der Waals surface area (Å²) in [5, 5.41) is 8.61. The van der Waals surface area contributed by atoms with E-state index in [1.165, 1.54) is 30.1 Å². The Morgan fingerprint density at radius 1 is 1.43 bits per heavy atom. The van der Waals surface area contributed by atoms with E-state index in [0.29, 0.717) is 5.52 Å². The van der Waals surface area contributed by atoms with Crippen molar-refractivity contribution in [3.05, 3.63) is 29.6 Å². The molecule has 0 bridgehead atoms. The molecule has 0 aliphatic rings. The molecule has 1 aromatic heterocycles. The SMILES string of the molecule is CC(C)n1c(C(F)(F)F)nc2cc(C(=O)N(C)CC#N)ccc21. The van der Waals surface area contributed by atoms with Crippen LogP contribution < -0.4 is 0 Å². The summed E-state index contributed by atoms with van der Waals surface area (Å²) >= 11 is 0. The third kappa shape index (κ3) is 3.13. The molecule has 5 nitrogen and oxygen atoms in total. The van der Waals surface area contributed by atoms with Crippen molar-refractivity contribution in [2.24, 2.45) is 0 Å². The second-order valence-corrected chi connectivity index (χ2v) is 5.42. The minimum absolute atomic E-state index is 0.0993. The maximum Gasteiger partial charge on any atom is 0.449 e. The zero-order valence-electron chi connectivity index (χ0n) is 12.8. The van der Waals surface area contributed by atoms with Crippen molar-refractivity contribution < 1.29 is 18.0 Å². The molecule has 0 saturated carbocycles. The predicted molar refractivity (Wildman–Crippen MR) is 77.7 cm³/mol. The summed E-state index contributed by atoms with van der Waals surface area (Å²) in [6, 6.07) is 5.62. The monoisotopic (exact) mass is 324 g/mol. The van der Waals surface area contributed by atoms with Gasteiger partial charge >= 0.3 is 6.18 Å². The molecule has 0 unspecified atom stereocenters. The van der Waals surface area contributed by atoms with Gasteiger partial charge in [0.1, 0.15) is 6.54 Å². The third-order valence-corrected chi connectivity index (χ3v) is 3.36. The molecule has 1 amide bonds. The normalized spacial score (nSPS) is 11.7. The summed E-state index contributed by atoms with van der Waals surface area (Å²) in [6.45, 7) is 3.16. The summed E-state index contributed by atoms with van der Waals surface area (Å²) in [7, 11) is 1.45. The second kappa shape index (κ2) is 5.91. The van der Waals surface area contributed by atoms with Crippen molar-refractivity contribution >= 4 is 16.9 Å². The van der Waals surface area contributed by atoms with Crippen LogP contribution in [0.25, 0.3) is 11.0 Å². The van der Waals surface area contributed by atoms with Crippen LogP contribution in [0.3, 0.4) is 0 Å². The van der Waals surface area contributed by atoms with Gasteiger partial charge in [0.2, 0.25) is 5.82 Å². The van der Waals surface area contributed by atoms with Gasteiger partial charge in [-0.05, 0) is 32.0 Å². The fourth-order valence-corrected chi connectivity index (χ4v) is 2.35. The van der Waals surface area contributed by atoms with E-state index in [0.717, 1.165) is 4.57 Å². The molecule has 0 aliphatic heterocycles. The van der Waals surface area contributed by atoms with Crippen LogP contribution >= 0.6 is 0 Å². The van der Waals surface area contributed by atoms with Crippen LogP contribution in [-0.4, -0.2) is 34.0 Å². The Hall–Kier alpha value is -2.56. The molecule has 122 valence electrons. The molecule has 0 atom stereocenters. The molecule has 0 radical (unpaired) electrons. The molecule has 0 fully saturated rings. The average molecular weight is 324 g/mol. The number of alkyl halides is 3. The van der Waals surface area contributed by atoms with Crippen LogP contribution in [0.15, 0.2) is 18.2 Å². The van der Waals surface area contributed by atoms with Gasteiger partial charge < -0.3 is 9.47 Å². The summed E-state index contributed by atoms with van der Waals surface area (Å²) < 4.78 is 40.5. The third-order valence-electron chi connectivity index (χ3n) is 3.36. The van der Waals surface area contributed by atoms with E-state index in [4.69, 9.17) is 5.26 Å². The number of nitriles is 1. The Morgan fingerprint density at radius 2 is 2.09 bits per heavy atom. The van der Waals surface area contributed by atoms with Crippen molar-refractivity contribution in [3.8, 4) is 6.07 Å². The lowest BCUT2D eigenvalue weighted by Gasteiger charge is -2.15. The van der Waals surface area contributed by atoms with Crippen LogP contribution in [0.5, 0.6) is 0 Å². The van der Waals surface area contributed by atoms with E-state index >= 15 is 0 Å².